The van der Waals surface area contributed by atoms with Gasteiger partial charge in [0.05, 0.1) is 5.92 Å². The van der Waals surface area contributed by atoms with Crippen molar-refractivity contribution in [1.82, 2.24) is 0 Å². The van der Waals surface area contributed by atoms with Gasteiger partial charge in [-0.05, 0) is 12.2 Å². The van der Waals surface area contributed by atoms with E-state index in [0.717, 1.165) is 24.3 Å². The number of carboxylic acids is 1. The second-order valence-electron chi connectivity index (χ2n) is 2.78. The first-order valence-electron chi connectivity index (χ1n) is 3.62. The molecule has 0 aromatic heterocycles. The molecule has 0 atom stereocenters. The summed E-state index contributed by atoms with van der Waals surface area (Å²) in [6, 6.07) is 0. The number of aliphatic carboxylic acids is 1. The fourth-order valence-electron chi connectivity index (χ4n) is 0.959. The number of allylic oxidation sites excluding steroid dienone is 2. The van der Waals surface area contributed by atoms with E-state index in [2.05, 4.69) is 0 Å². The molecule has 1 aliphatic rings. The van der Waals surface area contributed by atoms with Gasteiger partial charge in [0, 0.05) is 0 Å². The summed E-state index contributed by atoms with van der Waals surface area (Å²) >= 11 is 0. The Balaban J connectivity index is 2.79. The standard InChI is InChI=1S/C7H8BFO4/c9-7(8(12)13)3-1-5(2-4-7)6(10)11/h1-5,12-13H,(H,10,11). The summed E-state index contributed by atoms with van der Waals surface area (Å²) in [6.45, 7) is 0. The predicted octanol–water partition coefficient (Wildman–Crippen LogP) is -0.467. The Morgan fingerprint density at radius 3 is 2.15 bits per heavy atom. The maximum Gasteiger partial charge on any atom is 0.500 e. The molecule has 1 rings (SSSR count). The third-order valence-corrected chi connectivity index (χ3v) is 1.80. The zero-order valence-corrected chi connectivity index (χ0v) is 6.59. The van der Waals surface area contributed by atoms with Crippen LogP contribution in [0.3, 0.4) is 0 Å². The minimum atomic E-state index is -2.37. The molecule has 3 N–H and O–H groups in total. The molecule has 0 amide bonds. The molecule has 1 aliphatic carbocycles. The van der Waals surface area contributed by atoms with Gasteiger partial charge in [-0.2, -0.15) is 0 Å². The van der Waals surface area contributed by atoms with E-state index in [9.17, 15) is 9.18 Å². The highest BCUT2D eigenvalue weighted by atomic mass is 19.1. The molecule has 0 unspecified atom stereocenters. The van der Waals surface area contributed by atoms with Crippen molar-refractivity contribution in [3.05, 3.63) is 24.3 Å². The van der Waals surface area contributed by atoms with E-state index < -0.39 is 24.6 Å². The Hall–Kier alpha value is -1.14. The van der Waals surface area contributed by atoms with Crippen molar-refractivity contribution in [3.63, 3.8) is 0 Å². The molecule has 0 radical (unpaired) electrons. The van der Waals surface area contributed by atoms with Crippen molar-refractivity contribution in [2.45, 2.75) is 5.57 Å². The molecule has 0 aromatic carbocycles. The zero-order valence-electron chi connectivity index (χ0n) is 6.59. The Morgan fingerprint density at radius 2 is 1.85 bits per heavy atom. The SMILES string of the molecule is O=C(O)C1C=CC(F)(B(O)O)C=C1. The average molecular weight is 186 g/mol. The largest absolute Gasteiger partial charge is 0.500 e. The summed E-state index contributed by atoms with van der Waals surface area (Å²) in [4.78, 5) is 10.4. The van der Waals surface area contributed by atoms with E-state index in [1.165, 1.54) is 0 Å². The van der Waals surface area contributed by atoms with Gasteiger partial charge in [0.2, 0.25) is 0 Å². The Bertz CT molecular complexity index is 260. The van der Waals surface area contributed by atoms with Gasteiger partial charge in [0.25, 0.3) is 0 Å². The van der Waals surface area contributed by atoms with E-state index in [-0.39, 0.29) is 0 Å². The normalized spacial score (nSPS) is 31.8. The average Bonchev–Trinajstić information content (AvgIpc) is 2.04. The van der Waals surface area contributed by atoms with Crippen molar-refractivity contribution < 1.29 is 24.3 Å². The van der Waals surface area contributed by atoms with E-state index in [0.29, 0.717) is 0 Å². The summed E-state index contributed by atoms with van der Waals surface area (Å²) in [5, 5.41) is 25.7. The molecule has 4 nitrogen and oxygen atoms in total. The predicted molar refractivity (Wildman–Crippen MR) is 43.4 cm³/mol. The zero-order chi connectivity index (χ0) is 10.1. The maximum absolute atomic E-state index is 13.3. The first-order valence-corrected chi connectivity index (χ1v) is 3.62. The van der Waals surface area contributed by atoms with E-state index in [4.69, 9.17) is 15.2 Å². The quantitative estimate of drug-likeness (QED) is 0.402. The lowest BCUT2D eigenvalue weighted by atomic mass is 9.67. The lowest BCUT2D eigenvalue weighted by molar-refractivity contribution is -0.138. The molecular weight excluding hydrogens is 178 g/mol. The molecular formula is C7H8BFO4. The minimum Gasteiger partial charge on any atom is -0.481 e. The van der Waals surface area contributed by atoms with Crippen molar-refractivity contribution in [3.8, 4) is 0 Å². The van der Waals surface area contributed by atoms with Gasteiger partial charge in [-0.3, -0.25) is 4.79 Å². The minimum absolute atomic E-state index is 0.830. The van der Waals surface area contributed by atoms with Gasteiger partial charge in [-0.15, -0.1) is 0 Å². The number of carboxylic acid groups (broad SMARTS) is 1. The Morgan fingerprint density at radius 1 is 1.38 bits per heavy atom. The molecule has 0 aliphatic heterocycles. The van der Waals surface area contributed by atoms with Gasteiger partial charge < -0.3 is 15.2 Å². The van der Waals surface area contributed by atoms with Crippen LogP contribution in [-0.4, -0.2) is 33.8 Å². The molecule has 70 valence electrons. The summed E-state index contributed by atoms with van der Waals surface area (Å²) in [5.74, 6) is -2.01. The molecule has 0 fully saturated rings. The van der Waals surface area contributed by atoms with Crippen LogP contribution in [0.1, 0.15) is 0 Å². The topological polar surface area (TPSA) is 77.8 Å². The van der Waals surface area contributed by atoms with Gasteiger partial charge in [0.15, 0.2) is 5.57 Å². The number of halogens is 1. The highest BCUT2D eigenvalue weighted by molar-refractivity contribution is 6.47. The number of alkyl halides is 1. The lowest BCUT2D eigenvalue weighted by Gasteiger charge is -2.20. The van der Waals surface area contributed by atoms with Crippen LogP contribution in [0.15, 0.2) is 24.3 Å². The summed E-state index contributed by atoms with van der Waals surface area (Å²) < 4.78 is 13.3. The first-order chi connectivity index (χ1) is 5.96. The van der Waals surface area contributed by atoms with E-state index >= 15 is 0 Å². The highest BCUT2D eigenvalue weighted by Gasteiger charge is 2.40. The second-order valence-corrected chi connectivity index (χ2v) is 2.78. The van der Waals surface area contributed by atoms with Crippen LogP contribution in [0.25, 0.3) is 0 Å². The van der Waals surface area contributed by atoms with Gasteiger partial charge in [0.1, 0.15) is 0 Å². The fourth-order valence-corrected chi connectivity index (χ4v) is 0.959. The maximum atomic E-state index is 13.3. The summed E-state index contributed by atoms with van der Waals surface area (Å²) in [7, 11) is -2.17. The third kappa shape index (κ3) is 1.96. The lowest BCUT2D eigenvalue weighted by Crippen LogP contribution is -2.40. The number of hydrogen-bond donors (Lipinski definition) is 3. The highest BCUT2D eigenvalue weighted by Crippen LogP contribution is 2.23. The summed E-state index contributed by atoms with van der Waals surface area (Å²) in [6.07, 6.45) is 3.80. The number of carbonyl (C=O) groups is 1. The third-order valence-electron chi connectivity index (χ3n) is 1.80. The van der Waals surface area contributed by atoms with Gasteiger partial charge >= 0.3 is 13.1 Å². The molecule has 0 aromatic rings. The molecule has 0 heterocycles. The van der Waals surface area contributed by atoms with Crippen LogP contribution in [-0.2, 0) is 4.79 Å². The Kier molecular flexibility index (Phi) is 2.54. The van der Waals surface area contributed by atoms with E-state index in [1.54, 1.807) is 0 Å². The molecule has 0 saturated carbocycles. The molecule has 13 heavy (non-hydrogen) atoms. The smallest absolute Gasteiger partial charge is 0.481 e. The Labute approximate surface area is 74.1 Å². The van der Waals surface area contributed by atoms with Crippen LogP contribution in [0.5, 0.6) is 0 Å². The van der Waals surface area contributed by atoms with Crippen LogP contribution in [0.4, 0.5) is 4.39 Å². The summed E-state index contributed by atoms with van der Waals surface area (Å²) in [5.41, 5.74) is -2.37. The van der Waals surface area contributed by atoms with Crippen molar-refractivity contribution in [2.75, 3.05) is 0 Å². The number of rotatable bonds is 2. The van der Waals surface area contributed by atoms with Crippen LogP contribution < -0.4 is 0 Å². The second kappa shape index (κ2) is 3.31. The van der Waals surface area contributed by atoms with Crippen LogP contribution in [0, 0.1) is 5.92 Å². The monoisotopic (exact) mass is 186 g/mol. The molecule has 0 bridgehead atoms. The molecule has 0 spiro atoms. The van der Waals surface area contributed by atoms with Crippen LogP contribution in [0.2, 0.25) is 0 Å². The molecule has 6 heteroatoms. The van der Waals surface area contributed by atoms with E-state index in [1.807, 2.05) is 0 Å². The molecule has 0 saturated heterocycles. The van der Waals surface area contributed by atoms with Crippen molar-refractivity contribution in [1.29, 1.82) is 0 Å². The first kappa shape index (κ1) is 9.95. The van der Waals surface area contributed by atoms with Crippen LogP contribution >= 0.6 is 0 Å². The van der Waals surface area contributed by atoms with Crippen molar-refractivity contribution >= 4 is 13.1 Å². The van der Waals surface area contributed by atoms with Gasteiger partial charge in [-0.1, -0.05) is 12.2 Å². The fraction of sp³-hybridized carbons (Fsp3) is 0.286. The van der Waals surface area contributed by atoms with Gasteiger partial charge in [-0.25, -0.2) is 4.39 Å². The van der Waals surface area contributed by atoms with Crippen molar-refractivity contribution in [2.24, 2.45) is 5.92 Å². The number of hydrogen-bond acceptors (Lipinski definition) is 3.